The number of carboxylic acids is 1. The lowest BCUT2D eigenvalue weighted by Crippen LogP contribution is -2.58. The van der Waals surface area contributed by atoms with E-state index in [4.69, 9.17) is 14.6 Å². The van der Waals surface area contributed by atoms with Gasteiger partial charge in [-0.25, -0.2) is 4.79 Å². The van der Waals surface area contributed by atoms with Crippen LogP contribution in [0.2, 0.25) is 0 Å². The van der Waals surface area contributed by atoms with E-state index in [0.29, 0.717) is 5.92 Å². The van der Waals surface area contributed by atoms with Crippen molar-refractivity contribution in [1.29, 1.82) is 0 Å². The van der Waals surface area contributed by atoms with Gasteiger partial charge in [-0.1, -0.05) is 51.5 Å². The summed E-state index contributed by atoms with van der Waals surface area (Å²) < 4.78 is 11.8. The standard InChI is InChI=1S/C24H40O7/c1-14(7-9-18-10-8-15(2)23(18,5)6)17(4)30-24(22(28)29)12-20(27)16(3)21(31-24)11-19(26)13-25/h7-9,14,16-21,25-27H,10-13H2,1-6H3,(H,28,29)/b9-7+. The molecular weight excluding hydrogens is 400 g/mol. The first-order chi connectivity index (χ1) is 14.3. The van der Waals surface area contributed by atoms with Gasteiger partial charge in [-0.05, 0) is 31.6 Å². The first kappa shape index (κ1) is 26.0. The molecule has 8 unspecified atom stereocenters. The van der Waals surface area contributed by atoms with Crippen LogP contribution in [0.25, 0.3) is 0 Å². The van der Waals surface area contributed by atoms with Crippen LogP contribution in [0.4, 0.5) is 0 Å². The zero-order chi connectivity index (χ0) is 23.6. The van der Waals surface area contributed by atoms with Crippen LogP contribution in [0.5, 0.6) is 0 Å². The fourth-order valence-electron chi connectivity index (χ4n) is 4.32. The second-order valence-corrected chi connectivity index (χ2v) is 9.94. The minimum absolute atomic E-state index is 0.0140. The van der Waals surface area contributed by atoms with Crippen LogP contribution in [-0.4, -0.2) is 63.2 Å². The first-order valence-corrected chi connectivity index (χ1v) is 11.3. The van der Waals surface area contributed by atoms with E-state index in [-0.39, 0.29) is 24.2 Å². The first-order valence-electron chi connectivity index (χ1n) is 11.3. The fourth-order valence-corrected chi connectivity index (χ4v) is 4.32. The number of ether oxygens (including phenoxy) is 2. The number of rotatable bonds is 9. The summed E-state index contributed by atoms with van der Waals surface area (Å²) in [7, 11) is 0. The molecule has 7 nitrogen and oxygen atoms in total. The monoisotopic (exact) mass is 440 g/mol. The number of hydrogen-bond acceptors (Lipinski definition) is 6. The van der Waals surface area contributed by atoms with Crippen molar-refractivity contribution in [3.05, 3.63) is 23.8 Å². The highest BCUT2D eigenvalue weighted by Gasteiger charge is 2.53. The third-order valence-corrected chi connectivity index (χ3v) is 7.44. The van der Waals surface area contributed by atoms with Crippen LogP contribution in [0, 0.1) is 23.2 Å². The van der Waals surface area contributed by atoms with Crippen LogP contribution in [0.15, 0.2) is 23.8 Å². The molecule has 8 atom stereocenters. The normalized spacial score (nSPS) is 36.2. The number of allylic oxidation sites excluding steroid dienone is 3. The van der Waals surface area contributed by atoms with E-state index in [0.717, 1.165) is 6.42 Å². The summed E-state index contributed by atoms with van der Waals surface area (Å²) in [5.74, 6) is -3.40. The predicted octanol–water partition coefficient (Wildman–Crippen LogP) is 2.89. The second-order valence-electron chi connectivity index (χ2n) is 9.94. The Balaban J connectivity index is 2.12. The quantitative estimate of drug-likeness (QED) is 0.407. The summed E-state index contributed by atoms with van der Waals surface area (Å²) in [5, 5.41) is 39.4. The lowest BCUT2D eigenvalue weighted by Gasteiger charge is -2.45. The maximum Gasteiger partial charge on any atom is 0.364 e. The van der Waals surface area contributed by atoms with Crippen LogP contribution >= 0.6 is 0 Å². The van der Waals surface area contributed by atoms with Crippen molar-refractivity contribution in [2.45, 2.75) is 91.0 Å². The summed E-state index contributed by atoms with van der Waals surface area (Å²) in [6, 6.07) is 0. The van der Waals surface area contributed by atoms with Crippen molar-refractivity contribution in [3.8, 4) is 0 Å². The Bertz CT molecular complexity index is 685. The van der Waals surface area contributed by atoms with E-state index in [1.54, 1.807) is 13.8 Å². The second kappa shape index (κ2) is 10.1. The van der Waals surface area contributed by atoms with E-state index >= 15 is 0 Å². The molecule has 4 N–H and O–H groups in total. The molecular formula is C24H40O7. The van der Waals surface area contributed by atoms with Gasteiger partial charge < -0.3 is 29.9 Å². The molecule has 2 aliphatic rings. The van der Waals surface area contributed by atoms with Crippen molar-refractivity contribution in [2.24, 2.45) is 23.2 Å². The van der Waals surface area contributed by atoms with Gasteiger partial charge in [0.1, 0.15) is 0 Å². The van der Waals surface area contributed by atoms with Gasteiger partial charge in [-0.15, -0.1) is 0 Å². The van der Waals surface area contributed by atoms with Crippen LogP contribution < -0.4 is 0 Å². The zero-order valence-electron chi connectivity index (χ0n) is 19.6. The van der Waals surface area contributed by atoms with Gasteiger partial charge in [0.25, 0.3) is 5.79 Å². The minimum Gasteiger partial charge on any atom is -0.477 e. The molecule has 0 aromatic heterocycles. The number of aliphatic hydroxyl groups excluding tert-OH is 3. The van der Waals surface area contributed by atoms with Crippen LogP contribution in [0.3, 0.4) is 0 Å². The van der Waals surface area contributed by atoms with Gasteiger partial charge in [0.15, 0.2) is 0 Å². The molecule has 1 heterocycles. The van der Waals surface area contributed by atoms with Crippen molar-refractivity contribution in [3.63, 3.8) is 0 Å². The molecule has 31 heavy (non-hydrogen) atoms. The van der Waals surface area contributed by atoms with E-state index in [2.05, 4.69) is 39.0 Å². The Morgan fingerprint density at radius 2 is 2.03 bits per heavy atom. The van der Waals surface area contributed by atoms with Crippen LogP contribution in [0.1, 0.15) is 60.8 Å². The Morgan fingerprint density at radius 1 is 1.39 bits per heavy atom. The zero-order valence-corrected chi connectivity index (χ0v) is 19.6. The maximum absolute atomic E-state index is 12.2. The fraction of sp³-hybridized carbons (Fsp3) is 0.792. The van der Waals surface area contributed by atoms with E-state index < -0.39 is 48.7 Å². The largest absolute Gasteiger partial charge is 0.477 e. The maximum atomic E-state index is 12.2. The molecule has 0 radical (unpaired) electrons. The Labute approximate surface area is 185 Å². The highest BCUT2D eigenvalue weighted by atomic mass is 16.7. The van der Waals surface area contributed by atoms with Gasteiger partial charge in [0.05, 0.1) is 31.0 Å². The lowest BCUT2D eigenvalue weighted by molar-refractivity contribution is -0.317. The Morgan fingerprint density at radius 3 is 2.55 bits per heavy atom. The summed E-state index contributed by atoms with van der Waals surface area (Å²) >= 11 is 0. The molecule has 0 spiro atoms. The highest BCUT2D eigenvalue weighted by Crippen LogP contribution is 2.44. The average molecular weight is 441 g/mol. The number of carbonyl (C=O) groups is 1. The summed E-state index contributed by atoms with van der Waals surface area (Å²) in [6.45, 7) is 11.6. The molecule has 1 aliphatic heterocycles. The summed E-state index contributed by atoms with van der Waals surface area (Å²) in [4.78, 5) is 12.2. The molecule has 0 saturated carbocycles. The smallest absolute Gasteiger partial charge is 0.364 e. The number of hydrogen-bond donors (Lipinski definition) is 4. The van der Waals surface area contributed by atoms with Gasteiger partial charge in [-0.3, -0.25) is 0 Å². The molecule has 0 amide bonds. The molecule has 1 aliphatic carbocycles. The summed E-state index contributed by atoms with van der Waals surface area (Å²) in [6.07, 6.45) is 4.05. The van der Waals surface area contributed by atoms with Crippen LogP contribution in [-0.2, 0) is 14.3 Å². The minimum atomic E-state index is -2.00. The lowest BCUT2D eigenvalue weighted by atomic mass is 9.77. The topological polar surface area (TPSA) is 116 Å². The van der Waals surface area contributed by atoms with E-state index in [1.165, 1.54) is 5.57 Å². The van der Waals surface area contributed by atoms with Gasteiger partial charge in [0.2, 0.25) is 0 Å². The molecule has 0 bridgehead atoms. The van der Waals surface area contributed by atoms with Crippen molar-refractivity contribution >= 4 is 5.97 Å². The molecule has 1 fully saturated rings. The third-order valence-electron chi connectivity index (χ3n) is 7.44. The summed E-state index contributed by atoms with van der Waals surface area (Å²) in [5.41, 5.74) is 1.47. The van der Waals surface area contributed by atoms with Gasteiger partial charge >= 0.3 is 5.97 Å². The number of aliphatic carboxylic acids is 1. The molecule has 0 aromatic carbocycles. The van der Waals surface area contributed by atoms with Gasteiger partial charge in [0, 0.05) is 24.7 Å². The highest BCUT2D eigenvalue weighted by molar-refractivity contribution is 5.76. The Hall–Kier alpha value is -1.25. The number of carboxylic acid groups (broad SMARTS) is 1. The predicted molar refractivity (Wildman–Crippen MR) is 117 cm³/mol. The molecule has 7 heteroatoms. The van der Waals surface area contributed by atoms with Gasteiger partial charge in [-0.2, -0.15) is 0 Å². The van der Waals surface area contributed by atoms with Crippen molar-refractivity contribution in [1.82, 2.24) is 0 Å². The number of aliphatic hydroxyl groups is 3. The Kier molecular flexibility index (Phi) is 8.50. The average Bonchev–Trinajstić information content (AvgIpc) is 2.95. The third kappa shape index (κ3) is 5.76. The molecule has 0 aromatic rings. The molecule has 1 saturated heterocycles. The molecule has 2 rings (SSSR count). The van der Waals surface area contributed by atoms with Crippen molar-refractivity contribution in [2.75, 3.05) is 6.61 Å². The van der Waals surface area contributed by atoms with E-state index in [1.807, 2.05) is 6.92 Å². The van der Waals surface area contributed by atoms with Crippen molar-refractivity contribution < 1.29 is 34.7 Å². The van der Waals surface area contributed by atoms with E-state index in [9.17, 15) is 20.1 Å². The SMILES string of the molecule is CC1=CCC(/C=C/C(C)C(C)OC2(C(=O)O)CC(O)C(C)C(CC(O)CO)O2)C1(C)C. The molecule has 178 valence electrons.